The second-order valence-corrected chi connectivity index (χ2v) is 5.25. The van der Waals surface area contributed by atoms with Gasteiger partial charge in [0.2, 0.25) is 0 Å². The maximum absolute atomic E-state index is 12.9. The molecule has 0 radical (unpaired) electrons. The molecular weight excluding hydrogens is 247 g/mol. The van der Waals surface area contributed by atoms with Crippen LogP contribution >= 0.6 is 0 Å². The van der Waals surface area contributed by atoms with Gasteiger partial charge in [0.05, 0.1) is 0 Å². The molecule has 0 saturated heterocycles. The molecule has 2 fully saturated rings. The minimum atomic E-state index is -4.47. The molecule has 104 valence electrons. The van der Waals surface area contributed by atoms with Gasteiger partial charge in [-0.15, -0.1) is 0 Å². The highest BCUT2D eigenvalue weighted by molar-refractivity contribution is 5.83. The quantitative estimate of drug-likeness (QED) is 0.333. The Morgan fingerprint density at radius 3 is 2.33 bits per heavy atom. The minimum Gasteiger partial charge on any atom is -0.409 e. The third-order valence-corrected chi connectivity index (χ3v) is 3.54. The van der Waals surface area contributed by atoms with Crippen LogP contribution < -0.4 is 5.73 Å². The van der Waals surface area contributed by atoms with Crippen molar-refractivity contribution < 1.29 is 18.4 Å². The summed E-state index contributed by atoms with van der Waals surface area (Å²) in [6, 6.07) is 0.252. The van der Waals surface area contributed by atoms with Crippen LogP contribution in [-0.4, -0.2) is 41.3 Å². The van der Waals surface area contributed by atoms with Crippen molar-refractivity contribution in [1.82, 2.24) is 4.90 Å². The van der Waals surface area contributed by atoms with Crippen LogP contribution in [0.25, 0.3) is 0 Å². The summed E-state index contributed by atoms with van der Waals surface area (Å²) < 4.78 is 38.6. The van der Waals surface area contributed by atoms with Crippen molar-refractivity contribution in [2.45, 2.75) is 37.9 Å². The summed E-state index contributed by atoms with van der Waals surface area (Å²) in [6.07, 6.45) is -0.360. The number of halogens is 3. The predicted molar refractivity (Wildman–Crippen MR) is 60.3 cm³/mol. The van der Waals surface area contributed by atoms with Crippen LogP contribution in [-0.2, 0) is 0 Å². The fourth-order valence-electron chi connectivity index (χ4n) is 2.11. The molecule has 4 nitrogen and oxygen atoms in total. The second kappa shape index (κ2) is 4.95. The maximum Gasteiger partial charge on any atom is 0.400 e. The molecule has 1 atom stereocenters. The topological polar surface area (TPSA) is 61.9 Å². The maximum atomic E-state index is 12.9. The fraction of sp³-hybridized carbons (Fsp3) is 0.909. The Kier molecular flexibility index (Phi) is 3.70. The zero-order valence-electron chi connectivity index (χ0n) is 10.0. The summed E-state index contributed by atoms with van der Waals surface area (Å²) in [7, 11) is 0. The van der Waals surface area contributed by atoms with E-state index in [0.717, 1.165) is 25.7 Å². The largest absolute Gasteiger partial charge is 0.409 e. The molecular formula is C11H18F3N3O. The molecule has 18 heavy (non-hydrogen) atoms. The Balaban J connectivity index is 2.00. The van der Waals surface area contributed by atoms with Gasteiger partial charge in [-0.05, 0) is 31.6 Å². The van der Waals surface area contributed by atoms with Crippen molar-refractivity contribution in [3.05, 3.63) is 0 Å². The van der Waals surface area contributed by atoms with Gasteiger partial charge in [0, 0.05) is 19.1 Å². The number of oxime groups is 1. The van der Waals surface area contributed by atoms with Crippen LogP contribution in [0.4, 0.5) is 13.2 Å². The van der Waals surface area contributed by atoms with Gasteiger partial charge in [-0.3, -0.25) is 4.90 Å². The van der Waals surface area contributed by atoms with E-state index in [1.54, 1.807) is 0 Å². The van der Waals surface area contributed by atoms with Crippen LogP contribution in [0.2, 0.25) is 0 Å². The number of rotatable bonds is 6. The van der Waals surface area contributed by atoms with Crippen molar-refractivity contribution in [2.75, 3.05) is 13.1 Å². The standard InChI is InChI=1S/C11H18F3N3O/c12-11(13,14)9(10(15)16-18)6-17(8-3-4-8)5-7-1-2-7/h7-9,18H,1-6H2,(H2,15,16). The summed E-state index contributed by atoms with van der Waals surface area (Å²) in [4.78, 5) is 1.86. The first kappa shape index (κ1) is 13.5. The lowest BCUT2D eigenvalue weighted by molar-refractivity contribution is -0.160. The molecule has 0 bridgehead atoms. The average Bonchev–Trinajstić information content (AvgIpc) is 3.13. The van der Waals surface area contributed by atoms with Crippen LogP contribution in [0.3, 0.4) is 0 Å². The van der Waals surface area contributed by atoms with Crippen molar-refractivity contribution in [3.8, 4) is 0 Å². The van der Waals surface area contributed by atoms with Gasteiger partial charge in [0.25, 0.3) is 0 Å². The molecule has 2 rings (SSSR count). The molecule has 0 aliphatic heterocycles. The molecule has 0 spiro atoms. The zero-order chi connectivity index (χ0) is 13.3. The fourth-order valence-corrected chi connectivity index (χ4v) is 2.11. The zero-order valence-corrected chi connectivity index (χ0v) is 10.0. The normalized spacial score (nSPS) is 23.4. The van der Waals surface area contributed by atoms with Crippen molar-refractivity contribution in [3.63, 3.8) is 0 Å². The molecule has 2 aliphatic carbocycles. The van der Waals surface area contributed by atoms with Gasteiger partial charge in [-0.1, -0.05) is 5.16 Å². The van der Waals surface area contributed by atoms with Crippen LogP contribution in [0.1, 0.15) is 25.7 Å². The highest BCUT2D eigenvalue weighted by Crippen LogP contribution is 2.37. The molecule has 3 N–H and O–H groups in total. The summed E-state index contributed by atoms with van der Waals surface area (Å²) in [5, 5.41) is 11.0. The highest BCUT2D eigenvalue weighted by Gasteiger charge is 2.46. The predicted octanol–water partition coefficient (Wildman–Crippen LogP) is 1.79. The van der Waals surface area contributed by atoms with Gasteiger partial charge in [-0.2, -0.15) is 13.2 Å². The molecule has 7 heteroatoms. The van der Waals surface area contributed by atoms with Crippen LogP contribution in [0.15, 0.2) is 5.16 Å². The summed E-state index contributed by atoms with van der Waals surface area (Å²) in [5.41, 5.74) is 5.17. The van der Waals surface area contributed by atoms with E-state index in [9.17, 15) is 13.2 Å². The van der Waals surface area contributed by atoms with Gasteiger partial charge in [0.1, 0.15) is 5.92 Å². The molecule has 2 aliphatic rings. The monoisotopic (exact) mass is 265 g/mol. The first-order chi connectivity index (χ1) is 8.41. The average molecular weight is 265 g/mol. The number of hydrogen-bond donors (Lipinski definition) is 2. The summed E-state index contributed by atoms with van der Waals surface area (Å²) >= 11 is 0. The van der Waals surface area contributed by atoms with E-state index in [1.807, 2.05) is 4.90 Å². The van der Waals surface area contributed by atoms with Crippen LogP contribution in [0, 0.1) is 11.8 Å². The van der Waals surface area contributed by atoms with E-state index in [1.165, 1.54) is 0 Å². The number of nitrogens with two attached hydrogens (primary N) is 1. The third-order valence-electron chi connectivity index (χ3n) is 3.54. The van der Waals surface area contributed by atoms with Gasteiger partial charge < -0.3 is 10.9 Å². The molecule has 0 aromatic heterocycles. The minimum absolute atomic E-state index is 0.194. The number of amidine groups is 1. The van der Waals surface area contributed by atoms with E-state index in [0.29, 0.717) is 12.5 Å². The second-order valence-electron chi connectivity index (χ2n) is 5.25. The van der Waals surface area contributed by atoms with E-state index in [-0.39, 0.29) is 12.6 Å². The smallest absolute Gasteiger partial charge is 0.400 e. The Morgan fingerprint density at radius 1 is 1.33 bits per heavy atom. The van der Waals surface area contributed by atoms with Crippen LogP contribution in [0.5, 0.6) is 0 Å². The summed E-state index contributed by atoms with van der Waals surface area (Å²) in [5.74, 6) is -2.09. The molecule has 0 aromatic carbocycles. The molecule has 0 heterocycles. The molecule has 0 amide bonds. The molecule has 1 unspecified atom stereocenters. The lowest BCUT2D eigenvalue weighted by atomic mass is 10.1. The van der Waals surface area contributed by atoms with Crippen molar-refractivity contribution in [1.29, 1.82) is 0 Å². The lowest BCUT2D eigenvalue weighted by Gasteiger charge is -2.28. The van der Waals surface area contributed by atoms with E-state index >= 15 is 0 Å². The Morgan fingerprint density at radius 2 is 1.94 bits per heavy atom. The van der Waals surface area contributed by atoms with Gasteiger partial charge in [0.15, 0.2) is 5.84 Å². The Hall–Kier alpha value is -0.980. The van der Waals surface area contributed by atoms with Gasteiger partial charge >= 0.3 is 6.18 Å². The first-order valence-electron chi connectivity index (χ1n) is 6.20. The number of alkyl halides is 3. The number of nitrogens with zero attached hydrogens (tertiary/aromatic N) is 2. The molecule has 2 saturated carbocycles. The lowest BCUT2D eigenvalue weighted by Crippen LogP contribution is -2.45. The molecule has 0 aromatic rings. The highest BCUT2D eigenvalue weighted by atomic mass is 19.4. The third kappa shape index (κ3) is 3.51. The Bertz CT molecular complexity index is 324. The Labute approximate surface area is 104 Å². The van der Waals surface area contributed by atoms with Gasteiger partial charge in [-0.25, -0.2) is 0 Å². The van der Waals surface area contributed by atoms with Crippen molar-refractivity contribution in [2.24, 2.45) is 22.7 Å². The SMILES string of the molecule is NC(=NO)C(CN(CC1CC1)C1CC1)C(F)(F)F. The van der Waals surface area contributed by atoms with E-state index in [4.69, 9.17) is 10.9 Å². The summed E-state index contributed by atoms with van der Waals surface area (Å²) in [6.45, 7) is 0.510. The number of hydrogen-bond acceptors (Lipinski definition) is 3. The first-order valence-corrected chi connectivity index (χ1v) is 6.20. The van der Waals surface area contributed by atoms with E-state index < -0.39 is 17.9 Å². The van der Waals surface area contributed by atoms with Crippen molar-refractivity contribution >= 4 is 5.84 Å². The van der Waals surface area contributed by atoms with E-state index in [2.05, 4.69) is 5.16 Å².